The predicted octanol–water partition coefficient (Wildman–Crippen LogP) is 2.18. The van der Waals surface area contributed by atoms with Crippen molar-refractivity contribution in [2.45, 2.75) is 18.9 Å². The van der Waals surface area contributed by atoms with Crippen molar-refractivity contribution in [1.82, 2.24) is 15.0 Å². The second-order valence-electron chi connectivity index (χ2n) is 4.65. The number of ether oxygens (including phenoxy) is 1. The molecule has 3 rings (SSSR count). The summed E-state index contributed by atoms with van der Waals surface area (Å²) < 4.78 is 5.49. The van der Waals surface area contributed by atoms with Crippen molar-refractivity contribution in [2.24, 2.45) is 0 Å². The Kier molecular flexibility index (Phi) is 4.39. The number of anilines is 3. The van der Waals surface area contributed by atoms with Gasteiger partial charge in [0, 0.05) is 24.7 Å². The minimum Gasteiger partial charge on any atom is -0.376 e. The van der Waals surface area contributed by atoms with Gasteiger partial charge in [-0.05, 0) is 12.8 Å². The average molecular weight is 322 g/mol. The molecule has 116 valence electrons. The molecule has 3 heterocycles. The van der Waals surface area contributed by atoms with Crippen LogP contribution in [0, 0.1) is 10.1 Å². The summed E-state index contributed by atoms with van der Waals surface area (Å²) in [6.45, 7) is 1.21. The van der Waals surface area contributed by atoms with Crippen molar-refractivity contribution in [3.05, 3.63) is 28.0 Å². The number of nitrogens with one attached hydrogen (secondary N) is 2. The minimum absolute atomic E-state index is 0.0601. The third-order valence-electron chi connectivity index (χ3n) is 3.18. The molecule has 10 heteroatoms. The van der Waals surface area contributed by atoms with E-state index in [4.69, 9.17) is 4.74 Å². The summed E-state index contributed by atoms with van der Waals surface area (Å²) in [7, 11) is 0. The van der Waals surface area contributed by atoms with E-state index in [9.17, 15) is 10.1 Å². The van der Waals surface area contributed by atoms with E-state index in [0.29, 0.717) is 11.7 Å². The van der Waals surface area contributed by atoms with Crippen molar-refractivity contribution in [3.63, 3.8) is 0 Å². The smallest absolute Gasteiger partial charge is 0.353 e. The molecule has 0 bridgehead atoms. The van der Waals surface area contributed by atoms with Gasteiger partial charge in [-0.3, -0.25) is 10.1 Å². The molecule has 2 aromatic heterocycles. The van der Waals surface area contributed by atoms with Gasteiger partial charge in [-0.25, -0.2) is 15.0 Å². The molecule has 1 saturated heterocycles. The number of hydrogen-bond acceptors (Lipinski definition) is 9. The molecule has 1 unspecified atom stereocenters. The summed E-state index contributed by atoms with van der Waals surface area (Å²) >= 11 is 1.33. The van der Waals surface area contributed by atoms with Gasteiger partial charge in [0.15, 0.2) is 5.13 Å². The molecule has 9 nitrogen and oxygen atoms in total. The first kappa shape index (κ1) is 14.6. The zero-order chi connectivity index (χ0) is 15.4. The fraction of sp³-hybridized carbons (Fsp3) is 0.417. The second-order valence-corrected chi connectivity index (χ2v) is 5.55. The summed E-state index contributed by atoms with van der Waals surface area (Å²) in [5.74, 6) is 0.291. The lowest BCUT2D eigenvalue weighted by molar-refractivity contribution is -0.383. The Morgan fingerprint density at radius 2 is 2.27 bits per heavy atom. The lowest BCUT2D eigenvalue weighted by atomic mass is 10.2. The third kappa shape index (κ3) is 3.28. The molecule has 1 fully saturated rings. The Balaban J connectivity index is 1.80. The lowest BCUT2D eigenvalue weighted by Crippen LogP contribution is -2.20. The van der Waals surface area contributed by atoms with Gasteiger partial charge in [0.05, 0.1) is 11.0 Å². The highest BCUT2D eigenvalue weighted by Gasteiger charge is 2.25. The molecule has 0 amide bonds. The van der Waals surface area contributed by atoms with Gasteiger partial charge in [0.1, 0.15) is 6.33 Å². The van der Waals surface area contributed by atoms with E-state index in [0.717, 1.165) is 19.4 Å². The van der Waals surface area contributed by atoms with Crippen LogP contribution in [0.4, 0.5) is 22.5 Å². The zero-order valence-corrected chi connectivity index (χ0v) is 12.4. The van der Waals surface area contributed by atoms with E-state index in [-0.39, 0.29) is 23.4 Å². The second kappa shape index (κ2) is 6.62. The molecular weight excluding hydrogens is 308 g/mol. The summed E-state index contributed by atoms with van der Waals surface area (Å²) in [4.78, 5) is 22.8. The van der Waals surface area contributed by atoms with Crippen LogP contribution in [-0.4, -0.2) is 39.1 Å². The highest BCUT2D eigenvalue weighted by molar-refractivity contribution is 7.13. The van der Waals surface area contributed by atoms with Crippen molar-refractivity contribution in [1.29, 1.82) is 0 Å². The average Bonchev–Trinajstić information content (AvgIpc) is 3.18. The Hall–Kier alpha value is -2.33. The van der Waals surface area contributed by atoms with Crippen LogP contribution >= 0.6 is 11.3 Å². The lowest BCUT2D eigenvalue weighted by Gasteiger charge is -2.12. The van der Waals surface area contributed by atoms with E-state index in [1.165, 1.54) is 17.7 Å². The largest absolute Gasteiger partial charge is 0.376 e. The topological polar surface area (TPSA) is 115 Å². The predicted molar refractivity (Wildman–Crippen MR) is 81.5 cm³/mol. The van der Waals surface area contributed by atoms with Gasteiger partial charge in [-0.15, -0.1) is 11.3 Å². The normalized spacial score (nSPS) is 17.4. The minimum atomic E-state index is -0.506. The van der Waals surface area contributed by atoms with Crippen LogP contribution in [0.5, 0.6) is 0 Å². The summed E-state index contributed by atoms with van der Waals surface area (Å²) in [6, 6.07) is 0. The Bertz CT molecular complexity index is 644. The Labute approximate surface area is 129 Å². The molecule has 0 aromatic carbocycles. The van der Waals surface area contributed by atoms with Crippen molar-refractivity contribution in [2.75, 3.05) is 23.8 Å². The summed E-state index contributed by atoms with van der Waals surface area (Å²) in [6.07, 6.45) is 4.90. The standard InChI is InChI=1S/C12H14N6O3S/c19-18(20)9-10(14-6-8-2-1-4-21-8)15-7-16-11(9)17-12-13-3-5-22-12/h3,5,7-8H,1-2,4,6H2,(H2,13,14,15,16,17). The molecule has 1 atom stereocenters. The van der Waals surface area contributed by atoms with Crippen LogP contribution in [0.1, 0.15) is 12.8 Å². The number of nitrogens with zero attached hydrogens (tertiary/aromatic N) is 4. The van der Waals surface area contributed by atoms with Crippen LogP contribution in [0.2, 0.25) is 0 Å². The van der Waals surface area contributed by atoms with Gasteiger partial charge >= 0.3 is 5.69 Å². The van der Waals surface area contributed by atoms with Gasteiger partial charge < -0.3 is 15.4 Å². The molecule has 0 spiro atoms. The molecule has 1 aliphatic heterocycles. The highest BCUT2D eigenvalue weighted by Crippen LogP contribution is 2.31. The van der Waals surface area contributed by atoms with Crippen LogP contribution in [0.25, 0.3) is 0 Å². The van der Waals surface area contributed by atoms with Crippen LogP contribution in [0.15, 0.2) is 17.9 Å². The summed E-state index contributed by atoms with van der Waals surface area (Å²) in [5.41, 5.74) is -0.198. The number of hydrogen-bond donors (Lipinski definition) is 2. The maximum Gasteiger partial charge on any atom is 0.353 e. The number of thiazole rings is 1. The van der Waals surface area contributed by atoms with Gasteiger partial charge in [-0.1, -0.05) is 0 Å². The fourth-order valence-corrected chi connectivity index (χ4v) is 2.70. The number of nitro groups is 1. The quantitative estimate of drug-likeness (QED) is 0.614. The number of aromatic nitrogens is 3. The molecule has 0 aliphatic carbocycles. The van der Waals surface area contributed by atoms with Gasteiger partial charge in [-0.2, -0.15) is 0 Å². The van der Waals surface area contributed by atoms with Crippen LogP contribution in [0.3, 0.4) is 0 Å². The van der Waals surface area contributed by atoms with E-state index in [2.05, 4.69) is 25.6 Å². The van der Waals surface area contributed by atoms with Gasteiger partial charge in [0.25, 0.3) is 0 Å². The fourth-order valence-electron chi connectivity index (χ4n) is 2.17. The molecule has 2 N–H and O–H groups in total. The first-order valence-electron chi connectivity index (χ1n) is 6.75. The van der Waals surface area contributed by atoms with E-state index >= 15 is 0 Å². The number of rotatable bonds is 6. The molecular formula is C12H14N6O3S. The first-order valence-corrected chi connectivity index (χ1v) is 7.63. The van der Waals surface area contributed by atoms with Crippen LogP contribution in [-0.2, 0) is 4.74 Å². The first-order chi connectivity index (χ1) is 10.7. The Morgan fingerprint density at radius 1 is 1.41 bits per heavy atom. The molecule has 0 radical (unpaired) electrons. The molecule has 0 saturated carbocycles. The molecule has 1 aliphatic rings. The Morgan fingerprint density at radius 3 is 2.95 bits per heavy atom. The maximum atomic E-state index is 11.4. The zero-order valence-electron chi connectivity index (χ0n) is 11.6. The van der Waals surface area contributed by atoms with Crippen molar-refractivity contribution < 1.29 is 9.66 Å². The third-order valence-corrected chi connectivity index (χ3v) is 3.87. The SMILES string of the molecule is O=[N+]([O-])c1c(NCC2CCCO2)ncnc1Nc1nccs1. The monoisotopic (exact) mass is 322 g/mol. The van der Waals surface area contributed by atoms with Crippen molar-refractivity contribution in [3.8, 4) is 0 Å². The maximum absolute atomic E-state index is 11.4. The van der Waals surface area contributed by atoms with E-state index in [1.54, 1.807) is 11.6 Å². The summed E-state index contributed by atoms with van der Waals surface area (Å²) in [5, 5.41) is 19.5. The van der Waals surface area contributed by atoms with Crippen molar-refractivity contribution >= 4 is 33.8 Å². The van der Waals surface area contributed by atoms with E-state index < -0.39 is 4.92 Å². The van der Waals surface area contributed by atoms with Crippen LogP contribution < -0.4 is 10.6 Å². The highest BCUT2D eigenvalue weighted by atomic mass is 32.1. The molecule has 2 aromatic rings. The van der Waals surface area contributed by atoms with E-state index in [1.807, 2.05) is 0 Å². The van der Waals surface area contributed by atoms with Gasteiger partial charge in [0.2, 0.25) is 11.6 Å². The molecule has 22 heavy (non-hydrogen) atoms.